The number of carbonyl (C=O) groups is 1. The van der Waals surface area contributed by atoms with Crippen LogP contribution in [0.25, 0.3) is 0 Å². The van der Waals surface area contributed by atoms with Crippen LogP contribution in [-0.4, -0.2) is 22.3 Å². The maximum absolute atomic E-state index is 12.1. The van der Waals surface area contributed by atoms with Gasteiger partial charge in [0.1, 0.15) is 0 Å². The second-order valence-corrected chi connectivity index (χ2v) is 8.15. The van der Waals surface area contributed by atoms with Crippen molar-refractivity contribution in [3.05, 3.63) is 35.9 Å². The lowest BCUT2D eigenvalue weighted by atomic mass is 10.1. The topological polar surface area (TPSA) is 78.8 Å². The van der Waals surface area contributed by atoms with Crippen LogP contribution in [0.5, 0.6) is 0 Å². The van der Waals surface area contributed by atoms with Crippen LogP contribution >= 0.6 is 6.72 Å². The van der Waals surface area contributed by atoms with Gasteiger partial charge in [0, 0.05) is 6.42 Å². The number of benzene rings is 1. The number of nitrogens with one attached hydrogen (secondary N) is 1. The van der Waals surface area contributed by atoms with Gasteiger partial charge in [-0.2, -0.15) is 0 Å². The Hall–Kier alpha value is -0.780. The fraction of sp³-hybridized carbons (Fsp3) is 0.562. The molecule has 1 rings (SSSR count). The van der Waals surface area contributed by atoms with Gasteiger partial charge in [-0.05, 0) is 23.8 Å². The van der Waals surface area contributed by atoms with Gasteiger partial charge in [-0.15, -0.1) is 0 Å². The summed E-state index contributed by atoms with van der Waals surface area (Å²) in [5, 5.41) is 2.88. The zero-order valence-electron chi connectivity index (χ0n) is 13.5. The summed E-state index contributed by atoms with van der Waals surface area (Å²) < 4.78 is 4.93. The molecule has 130 valence electrons. The first-order valence-corrected chi connectivity index (χ1v) is 10.6. The lowest BCUT2D eigenvalue weighted by Crippen LogP contribution is -2.31. The van der Waals surface area contributed by atoms with E-state index in [0.29, 0.717) is 6.42 Å². The maximum Gasteiger partial charge on any atom is 0.321 e. The number of carbonyl (C=O) groups excluding carboxylic acids is 1. The van der Waals surface area contributed by atoms with E-state index in [2.05, 4.69) is 24.0 Å². The average Bonchev–Trinajstić information content (AvgIpc) is 2.51. The van der Waals surface area contributed by atoms with Crippen LogP contribution < -0.4 is 5.32 Å². The third-order valence-electron chi connectivity index (χ3n) is 3.45. The molecule has 5 nitrogen and oxygen atoms in total. The molecule has 0 aromatic heterocycles. The fourth-order valence-corrected chi connectivity index (χ4v) is 2.76. The molecule has 1 atom stereocenters. The highest BCUT2D eigenvalue weighted by Crippen LogP contribution is 2.37. The first kappa shape index (κ1) is 20.3. The second-order valence-electron chi connectivity index (χ2n) is 5.48. The molecule has 7 heteroatoms. The van der Waals surface area contributed by atoms with Crippen LogP contribution in [0.3, 0.4) is 0 Å². The first-order chi connectivity index (χ1) is 10.9. The number of unbranched alkanes of at least 4 members (excludes halogenated alkanes) is 4. The zero-order chi connectivity index (χ0) is 17.1. The monoisotopic (exact) mass is 359 g/mol. The maximum atomic E-state index is 12.1. The minimum Gasteiger partial charge on any atom is -0.347 e. The molecule has 0 aliphatic carbocycles. The molecule has 1 aromatic carbocycles. The lowest BCUT2D eigenvalue weighted by molar-refractivity contribution is -0.122. The van der Waals surface area contributed by atoms with Crippen molar-refractivity contribution >= 4 is 24.4 Å². The lowest BCUT2D eigenvalue weighted by Gasteiger charge is -2.20. The van der Waals surface area contributed by atoms with E-state index in [1.54, 1.807) is 0 Å². The van der Waals surface area contributed by atoms with Gasteiger partial charge >= 0.3 is 6.72 Å². The third kappa shape index (κ3) is 9.84. The molecule has 1 aromatic rings. The molecule has 3 N–H and O–H groups in total. The number of amides is 1. The number of hydrogen-bond donors (Lipinski definition) is 3. The van der Waals surface area contributed by atoms with Crippen LogP contribution in [0.2, 0.25) is 0 Å². The van der Waals surface area contributed by atoms with Gasteiger partial charge < -0.3 is 19.6 Å². The van der Waals surface area contributed by atoms with E-state index in [1.165, 1.54) is 12.8 Å². The molecular formula is C16H26NO4PS. The Morgan fingerprint density at radius 3 is 2.48 bits per heavy atom. The molecule has 0 aliphatic heterocycles. The van der Waals surface area contributed by atoms with Crippen LogP contribution in [0.4, 0.5) is 0 Å². The van der Waals surface area contributed by atoms with E-state index in [1.807, 2.05) is 30.3 Å². The normalized spacial score (nSPS) is 12.8. The first-order valence-electron chi connectivity index (χ1n) is 7.96. The van der Waals surface area contributed by atoms with Gasteiger partial charge in [0.05, 0.1) is 12.6 Å². The largest absolute Gasteiger partial charge is 0.347 e. The Labute approximate surface area is 143 Å². The van der Waals surface area contributed by atoms with Crippen LogP contribution in [0, 0.1) is 0 Å². The van der Waals surface area contributed by atoms with Gasteiger partial charge in [-0.1, -0.05) is 62.9 Å². The van der Waals surface area contributed by atoms with E-state index in [9.17, 15) is 14.6 Å². The summed E-state index contributed by atoms with van der Waals surface area (Å²) in [4.78, 5) is 30.5. The Kier molecular flexibility index (Phi) is 9.60. The van der Waals surface area contributed by atoms with Crippen molar-refractivity contribution in [1.82, 2.24) is 5.32 Å². The Bertz CT molecular complexity index is 506. The Morgan fingerprint density at radius 2 is 1.87 bits per heavy atom. The third-order valence-corrected chi connectivity index (χ3v) is 4.26. The van der Waals surface area contributed by atoms with E-state index in [4.69, 9.17) is 4.52 Å². The predicted octanol–water partition coefficient (Wildman–Crippen LogP) is 3.43. The minimum absolute atomic E-state index is 0.0597. The molecule has 0 fully saturated rings. The van der Waals surface area contributed by atoms with Crippen molar-refractivity contribution in [2.45, 2.75) is 51.5 Å². The van der Waals surface area contributed by atoms with Crippen molar-refractivity contribution in [2.75, 3.05) is 6.61 Å². The fourth-order valence-electron chi connectivity index (χ4n) is 2.23. The molecule has 0 saturated carbocycles. The Morgan fingerprint density at radius 1 is 1.22 bits per heavy atom. The van der Waals surface area contributed by atoms with Gasteiger partial charge in [-0.3, -0.25) is 4.79 Å². The number of rotatable bonds is 11. The Balaban J connectivity index is 2.52. The van der Waals surface area contributed by atoms with Gasteiger partial charge in [-0.25, -0.2) is 0 Å². The summed E-state index contributed by atoms with van der Waals surface area (Å²) in [6.45, 7) is -1.64. The minimum atomic E-state index is -3.74. The highest BCUT2D eigenvalue weighted by Gasteiger charge is 2.18. The quantitative estimate of drug-likeness (QED) is 0.417. The molecule has 0 spiro atoms. The summed E-state index contributed by atoms with van der Waals surface area (Å²) in [6, 6.07) is 8.85. The van der Waals surface area contributed by atoms with Crippen LogP contribution in [0.15, 0.2) is 30.3 Å². The second kappa shape index (κ2) is 10.9. The van der Waals surface area contributed by atoms with Crippen molar-refractivity contribution in [3.63, 3.8) is 0 Å². The average molecular weight is 359 g/mol. The number of hydrogen-bond acceptors (Lipinski definition) is 3. The SMILES string of the molecule is CCCCCCCC(=O)N[C@@H](COP(O)(O)=S)c1ccccc1. The van der Waals surface area contributed by atoms with E-state index < -0.39 is 12.8 Å². The molecule has 1 amide bonds. The van der Waals surface area contributed by atoms with Gasteiger partial charge in [0.25, 0.3) is 0 Å². The summed E-state index contributed by atoms with van der Waals surface area (Å²) in [5.74, 6) is -0.0665. The predicted molar refractivity (Wildman–Crippen MR) is 95.4 cm³/mol. The highest BCUT2D eigenvalue weighted by atomic mass is 32.5. The molecule has 0 bridgehead atoms. The van der Waals surface area contributed by atoms with Crippen LogP contribution in [-0.2, 0) is 21.1 Å². The van der Waals surface area contributed by atoms with E-state index >= 15 is 0 Å². The molecule has 0 heterocycles. The van der Waals surface area contributed by atoms with Crippen molar-refractivity contribution in [3.8, 4) is 0 Å². The van der Waals surface area contributed by atoms with E-state index in [-0.39, 0.29) is 12.5 Å². The van der Waals surface area contributed by atoms with Crippen molar-refractivity contribution in [1.29, 1.82) is 0 Å². The van der Waals surface area contributed by atoms with E-state index in [0.717, 1.165) is 24.8 Å². The molecule has 0 unspecified atom stereocenters. The van der Waals surface area contributed by atoms with Gasteiger partial charge in [0.2, 0.25) is 5.91 Å². The molecule has 0 radical (unpaired) electrons. The molecule has 0 saturated heterocycles. The van der Waals surface area contributed by atoms with Gasteiger partial charge in [0.15, 0.2) is 0 Å². The molecule has 23 heavy (non-hydrogen) atoms. The summed E-state index contributed by atoms with van der Waals surface area (Å²) >= 11 is 4.46. The van der Waals surface area contributed by atoms with Crippen molar-refractivity contribution < 1.29 is 19.1 Å². The smallest absolute Gasteiger partial charge is 0.321 e. The summed E-state index contributed by atoms with van der Waals surface area (Å²) in [6.07, 6.45) is 5.87. The molecular weight excluding hydrogens is 333 g/mol. The zero-order valence-corrected chi connectivity index (χ0v) is 15.2. The summed E-state index contributed by atoms with van der Waals surface area (Å²) in [7, 11) is 0. The van der Waals surface area contributed by atoms with Crippen molar-refractivity contribution in [2.24, 2.45) is 0 Å². The highest BCUT2D eigenvalue weighted by molar-refractivity contribution is 8.06. The van der Waals surface area contributed by atoms with Crippen LogP contribution in [0.1, 0.15) is 57.1 Å². The summed E-state index contributed by atoms with van der Waals surface area (Å²) in [5.41, 5.74) is 0.843. The standard InChI is InChI=1S/C16H26NO4PS/c1-2-3-4-5-9-12-16(18)17-15(13-21-22(19,20)23)14-10-7-6-8-11-14/h6-8,10-11,15H,2-5,9,12-13H2,1H3,(H,17,18)(H2,19,20,23)/t15-/m0/s1. The molecule has 0 aliphatic rings.